The van der Waals surface area contributed by atoms with Gasteiger partial charge in [-0.2, -0.15) is 0 Å². The van der Waals surface area contributed by atoms with Gasteiger partial charge in [0.25, 0.3) is 5.78 Å². The average Bonchev–Trinajstić information content (AvgIpc) is 3.31. The summed E-state index contributed by atoms with van der Waals surface area (Å²) in [6, 6.07) is 16.6. The van der Waals surface area contributed by atoms with Crippen LogP contribution >= 0.6 is 11.3 Å². The maximum absolute atomic E-state index is 13.1. The first-order chi connectivity index (χ1) is 14.9. The van der Waals surface area contributed by atoms with Gasteiger partial charge in [-0.05, 0) is 12.5 Å². The van der Waals surface area contributed by atoms with Crippen LogP contribution in [0.5, 0.6) is 0 Å². The third kappa shape index (κ3) is 3.51. The number of benzene rings is 2. The molecule has 1 N–H and O–H groups in total. The van der Waals surface area contributed by atoms with E-state index in [9.17, 15) is 19.5 Å². The fourth-order valence-electron chi connectivity index (χ4n) is 3.50. The minimum Gasteiger partial charge on any atom is -0.507 e. The molecule has 1 aliphatic heterocycles. The van der Waals surface area contributed by atoms with Crippen LogP contribution < -0.4 is 4.90 Å². The monoisotopic (exact) mass is 434 g/mol. The molecule has 3 aromatic rings. The lowest BCUT2D eigenvalue weighted by molar-refractivity contribution is -0.132. The van der Waals surface area contributed by atoms with Crippen molar-refractivity contribution in [3.05, 3.63) is 87.9 Å². The van der Waals surface area contributed by atoms with Crippen LogP contribution in [0.1, 0.15) is 32.5 Å². The van der Waals surface area contributed by atoms with E-state index in [0.29, 0.717) is 16.8 Å². The number of carbonyl (C=O) groups is 3. The highest BCUT2D eigenvalue weighted by molar-refractivity contribution is 7.17. The Hall–Kier alpha value is -3.78. The zero-order valence-electron chi connectivity index (χ0n) is 16.7. The van der Waals surface area contributed by atoms with Gasteiger partial charge < -0.3 is 9.84 Å². The molecule has 8 heteroatoms. The summed E-state index contributed by atoms with van der Waals surface area (Å²) in [6.45, 7) is 1.63. The number of rotatable bonds is 4. The van der Waals surface area contributed by atoms with Crippen molar-refractivity contribution >= 4 is 39.9 Å². The van der Waals surface area contributed by atoms with Crippen molar-refractivity contribution in [3.63, 3.8) is 0 Å². The van der Waals surface area contributed by atoms with E-state index in [1.807, 2.05) is 6.07 Å². The van der Waals surface area contributed by atoms with Crippen molar-refractivity contribution in [1.82, 2.24) is 4.98 Å². The minimum atomic E-state index is -0.891. The van der Waals surface area contributed by atoms with Crippen LogP contribution in [0.3, 0.4) is 0 Å². The Bertz CT molecular complexity index is 1200. The van der Waals surface area contributed by atoms with E-state index in [4.69, 9.17) is 4.74 Å². The number of methoxy groups -OCH3 is 1. The van der Waals surface area contributed by atoms with Gasteiger partial charge in [-0.1, -0.05) is 72.0 Å². The van der Waals surface area contributed by atoms with Gasteiger partial charge in [-0.15, -0.1) is 0 Å². The number of hydrogen-bond acceptors (Lipinski definition) is 7. The van der Waals surface area contributed by atoms with Crippen molar-refractivity contribution < 1.29 is 24.2 Å². The lowest BCUT2D eigenvalue weighted by Gasteiger charge is -2.22. The number of ketones is 1. The molecular weight excluding hydrogens is 416 g/mol. The topological polar surface area (TPSA) is 96.8 Å². The molecule has 1 amide bonds. The van der Waals surface area contributed by atoms with Gasteiger partial charge in [0, 0.05) is 5.56 Å². The van der Waals surface area contributed by atoms with Crippen LogP contribution in [0.15, 0.2) is 66.2 Å². The molecule has 2 heterocycles. The molecule has 1 aliphatic rings. The fraction of sp³-hybridized carbons (Fsp3) is 0.130. The van der Waals surface area contributed by atoms with Gasteiger partial charge in [-0.3, -0.25) is 14.5 Å². The van der Waals surface area contributed by atoms with Crippen molar-refractivity contribution in [3.8, 4) is 0 Å². The highest BCUT2D eigenvalue weighted by Gasteiger charge is 2.48. The quantitative estimate of drug-likeness (QED) is 0.290. The van der Waals surface area contributed by atoms with Gasteiger partial charge in [0.15, 0.2) is 5.13 Å². The molecule has 0 unspecified atom stereocenters. The number of aromatic nitrogens is 1. The molecule has 1 aromatic heterocycles. The van der Waals surface area contributed by atoms with Crippen LogP contribution in [0.2, 0.25) is 0 Å². The molecule has 4 rings (SSSR count). The number of thiazole rings is 1. The van der Waals surface area contributed by atoms with E-state index in [2.05, 4.69) is 4.98 Å². The van der Waals surface area contributed by atoms with Crippen LogP contribution in [0.4, 0.5) is 5.13 Å². The van der Waals surface area contributed by atoms with E-state index in [0.717, 1.165) is 11.3 Å². The number of esters is 1. The molecule has 0 saturated carbocycles. The molecule has 1 saturated heterocycles. The van der Waals surface area contributed by atoms with Gasteiger partial charge in [0.2, 0.25) is 0 Å². The third-order valence-corrected chi connectivity index (χ3v) is 6.11. The number of nitrogens with zero attached hydrogens (tertiary/aromatic N) is 2. The van der Waals surface area contributed by atoms with Crippen LogP contribution in [-0.2, 0) is 14.3 Å². The lowest BCUT2D eigenvalue weighted by atomic mass is 9.95. The van der Waals surface area contributed by atoms with Gasteiger partial charge in [0.05, 0.1) is 24.4 Å². The Morgan fingerprint density at radius 1 is 1.06 bits per heavy atom. The van der Waals surface area contributed by atoms with E-state index in [1.165, 1.54) is 12.0 Å². The number of aliphatic hydroxyl groups excluding tert-OH is 1. The summed E-state index contributed by atoms with van der Waals surface area (Å²) >= 11 is 0.966. The molecule has 0 bridgehead atoms. The Kier molecular flexibility index (Phi) is 5.39. The zero-order chi connectivity index (χ0) is 22.1. The third-order valence-electron chi connectivity index (χ3n) is 4.97. The normalized spacial score (nSPS) is 17.7. The lowest BCUT2D eigenvalue weighted by Crippen LogP contribution is -2.29. The minimum absolute atomic E-state index is 0.0325. The Morgan fingerprint density at radius 3 is 2.29 bits per heavy atom. The highest BCUT2D eigenvalue weighted by Crippen LogP contribution is 2.43. The SMILES string of the molecule is COC(=O)c1sc(N2C(=O)C(=O)C(=C(O)c3ccccc3)[C@@H]2c2ccccc2)nc1C. The number of ether oxygens (including phenoxy) is 1. The van der Waals surface area contributed by atoms with E-state index >= 15 is 0 Å². The van der Waals surface area contributed by atoms with E-state index < -0.39 is 23.7 Å². The molecule has 1 fully saturated rings. The molecule has 0 radical (unpaired) electrons. The summed E-state index contributed by atoms with van der Waals surface area (Å²) < 4.78 is 4.78. The van der Waals surface area contributed by atoms with Crippen molar-refractivity contribution in [2.24, 2.45) is 0 Å². The van der Waals surface area contributed by atoms with E-state index in [1.54, 1.807) is 61.5 Å². The van der Waals surface area contributed by atoms with Crippen LogP contribution in [0, 0.1) is 6.92 Å². The zero-order valence-corrected chi connectivity index (χ0v) is 17.6. The Labute approximate surface area is 182 Å². The molecule has 2 aromatic carbocycles. The highest BCUT2D eigenvalue weighted by atomic mass is 32.1. The molecule has 7 nitrogen and oxygen atoms in total. The number of aryl methyl sites for hydroxylation is 1. The standard InChI is InChI=1S/C23H18N2O5S/c1-13-20(22(29)30-2)31-23(24-13)25-17(14-9-5-3-6-10-14)16(19(27)21(25)28)18(26)15-11-7-4-8-12-15/h3-12,17,26H,1-2H3/t17-/m0/s1. The summed E-state index contributed by atoms with van der Waals surface area (Å²) in [6.07, 6.45) is 0. The number of carbonyl (C=O) groups excluding carboxylic acids is 3. The fourth-order valence-corrected chi connectivity index (χ4v) is 4.51. The molecule has 1 atom stereocenters. The number of amides is 1. The molecule has 156 valence electrons. The summed E-state index contributed by atoms with van der Waals surface area (Å²) in [5, 5.41) is 11.2. The molecule has 31 heavy (non-hydrogen) atoms. The maximum atomic E-state index is 13.1. The molecule has 0 spiro atoms. The first-order valence-corrected chi connectivity index (χ1v) is 10.2. The van der Waals surface area contributed by atoms with Crippen molar-refractivity contribution in [2.45, 2.75) is 13.0 Å². The van der Waals surface area contributed by atoms with Crippen LogP contribution in [0.25, 0.3) is 5.76 Å². The second kappa shape index (κ2) is 8.16. The van der Waals surface area contributed by atoms with Crippen LogP contribution in [-0.4, -0.2) is 34.9 Å². The number of Topliss-reactive ketones (excluding diaryl/α,β-unsaturated/α-hetero) is 1. The molecular formula is C23H18N2O5S. The number of anilines is 1. The first-order valence-electron chi connectivity index (χ1n) is 9.41. The number of aliphatic hydroxyl groups is 1. The summed E-state index contributed by atoms with van der Waals surface area (Å²) in [5.41, 5.74) is 1.41. The predicted molar refractivity (Wildman–Crippen MR) is 116 cm³/mol. The smallest absolute Gasteiger partial charge is 0.350 e. The van der Waals surface area contributed by atoms with Gasteiger partial charge >= 0.3 is 11.9 Å². The van der Waals surface area contributed by atoms with Crippen molar-refractivity contribution in [2.75, 3.05) is 12.0 Å². The van der Waals surface area contributed by atoms with E-state index in [-0.39, 0.29) is 21.3 Å². The predicted octanol–water partition coefficient (Wildman–Crippen LogP) is 3.86. The summed E-state index contributed by atoms with van der Waals surface area (Å²) in [7, 11) is 1.26. The number of hydrogen-bond donors (Lipinski definition) is 1. The summed E-state index contributed by atoms with van der Waals surface area (Å²) in [5.74, 6) is -2.48. The summed E-state index contributed by atoms with van der Waals surface area (Å²) in [4.78, 5) is 44.0. The van der Waals surface area contributed by atoms with Gasteiger partial charge in [0.1, 0.15) is 10.6 Å². The Balaban J connectivity index is 1.93. The van der Waals surface area contributed by atoms with Gasteiger partial charge in [-0.25, -0.2) is 9.78 Å². The Morgan fingerprint density at radius 2 is 1.68 bits per heavy atom. The largest absolute Gasteiger partial charge is 0.507 e. The average molecular weight is 434 g/mol. The van der Waals surface area contributed by atoms with Crippen molar-refractivity contribution in [1.29, 1.82) is 0 Å². The maximum Gasteiger partial charge on any atom is 0.350 e. The second-order valence-corrected chi connectivity index (χ2v) is 7.83. The first kappa shape index (κ1) is 20.5. The second-order valence-electron chi connectivity index (χ2n) is 6.85. The molecule has 0 aliphatic carbocycles.